The van der Waals surface area contributed by atoms with Crippen LogP contribution in [-0.4, -0.2) is 47.4 Å². The van der Waals surface area contributed by atoms with Gasteiger partial charge in [0, 0.05) is 18.6 Å². The van der Waals surface area contributed by atoms with E-state index in [1.54, 1.807) is 6.20 Å². The van der Waals surface area contributed by atoms with Crippen molar-refractivity contribution in [2.75, 3.05) is 26.0 Å². The molecule has 0 bridgehead atoms. The van der Waals surface area contributed by atoms with Gasteiger partial charge in [0.1, 0.15) is 5.02 Å². The summed E-state index contributed by atoms with van der Waals surface area (Å²) >= 11 is 6.04. The molecule has 6 nitrogen and oxygen atoms in total. The molecule has 0 radical (unpaired) electrons. The summed E-state index contributed by atoms with van der Waals surface area (Å²) in [5.41, 5.74) is 6.00. The van der Waals surface area contributed by atoms with E-state index in [-0.39, 0.29) is 22.7 Å². The second-order valence-electron chi connectivity index (χ2n) is 4.85. The van der Waals surface area contributed by atoms with Crippen LogP contribution in [0.4, 0.5) is 5.69 Å². The summed E-state index contributed by atoms with van der Waals surface area (Å²) < 4.78 is 1.38. The SMILES string of the molecule is CN(C)CCn1ncc(NC2CC2N)c(Cl)c1=O. The zero-order chi connectivity index (χ0) is 13.3. The molecule has 18 heavy (non-hydrogen) atoms. The van der Waals surface area contributed by atoms with Gasteiger partial charge in [-0.25, -0.2) is 4.68 Å². The third kappa shape index (κ3) is 3.01. The molecular weight excluding hydrogens is 254 g/mol. The van der Waals surface area contributed by atoms with E-state index >= 15 is 0 Å². The number of hydrogen-bond donors (Lipinski definition) is 2. The van der Waals surface area contributed by atoms with Crippen molar-refractivity contribution in [3.8, 4) is 0 Å². The molecule has 1 aliphatic rings. The summed E-state index contributed by atoms with van der Waals surface area (Å²) in [6, 6.07) is 0.360. The summed E-state index contributed by atoms with van der Waals surface area (Å²) in [4.78, 5) is 13.9. The van der Waals surface area contributed by atoms with Gasteiger partial charge in [0.15, 0.2) is 0 Å². The average Bonchev–Trinajstić information content (AvgIpc) is 3.00. The number of nitrogens with one attached hydrogen (secondary N) is 1. The fraction of sp³-hybridized carbons (Fsp3) is 0.636. The van der Waals surface area contributed by atoms with Crippen molar-refractivity contribution in [3.05, 3.63) is 21.6 Å². The fourth-order valence-corrected chi connectivity index (χ4v) is 1.80. The van der Waals surface area contributed by atoms with Crippen LogP contribution < -0.4 is 16.6 Å². The molecule has 1 aromatic heterocycles. The van der Waals surface area contributed by atoms with Crippen LogP contribution >= 0.6 is 11.6 Å². The maximum Gasteiger partial charge on any atom is 0.287 e. The molecular formula is C11H18ClN5O. The van der Waals surface area contributed by atoms with Crippen LogP contribution in [0.1, 0.15) is 6.42 Å². The first-order valence-electron chi connectivity index (χ1n) is 5.91. The van der Waals surface area contributed by atoms with Crippen molar-refractivity contribution in [2.24, 2.45) is 5.73 Å². The molecule has 1 aromatic rings. The number of hydrogen-bond acceptors (Lipinski definition) is 5. The maximum atomic E-state index is 12.0. The topological polar surface area (TPSA) is 76.2 Å². The number of aromatic nitrogens is 2. The van der Waals surface area contributed by atoms with Crippen LogP contribution in [0.3, 0.4) is 0 Å². The average molecular weight is 272 g/mol. The molecule has 0 amide bonds. The largest absolute Gasteiger partial charge is 0.378 e. The van der Waals surface area contributed by atoms with Crippen LogP contribution in [-0.2, 0) is 6.54 Å². The number of nitrogens with zero attached hydrogens (tertiary/aromatic N) is 3. The second-order valence-corrected chi connectivity index (χ2v) is 5.23. The number of anilines is 1. The van der Waals surface area contributed by atoms with Gasteiger partial charge >= 0.3 is 0 Å². The highest BCUT2D eigenvalue weighted by Gasteiger charge is 2.34. The van der Waals surface area contributed by atoms with E-state index in [4.69, 9.17) is 17.3 Å². The van der Waals surface area contributed by atoms with Crippen LogP contribution in [0.2, 0.25) is 5.02 Å². The van der Waals surface area contributed by atoms with Gasteiger partial charge < -0.3 is 16.0 Å². The smallest absolute Gasteiger partial charge is 0.287 e. The van der Waals surface area contributed by atoms with Crippen LogP contribution in [0.25, 0.3) is 0 Å². The minimum Gasteiger partial charge on any atom is -0.378 e. The number of rotatable bonds is 5. The monoisotopic (exact) mass is 271 g/mol. The zero-order valence-corrected chi connectivity index (χ0v) is 11.3. The Bertz CT molecular complexity index is 487. The van der Waals surface area contributed by atoms with Gasteiger partial charge in [-0.15, -0.1) is 0 Å². The lowest BCUT2D eigenvalue weighted by atomic mass is 10.4. The molecule has 2 unspecified atom stereocenters. The summed E-state index contributed by atoms with van der Waals surface area (Å²) in [6.45, 7) is 1.26. The maximum absolute atomic E-state index is 12.0. The van der Waals surface area contributed by atoms with Crippen LogP contribution in [0.15, 0.2) is 11.0 Å². The first-order valence-corrected chi connectivity index (χ1v) is 6.29. The van der Waals surface area contributed by atoms with Crippen molar-refractivity contribution in [2.45, 2.75) is 25.0 Å². The molecule has 0 aromatic carbocycles. The molecule has 1 saturated carbocycles. The highest BCUT2D eigenvalue weighted by molar-refractivity contribution is 6.32. The first kappa shape index (κ1) is 13.3. The summed E-state index contributed by atoms with van der Waals surface area (Å²) in [5.74, 6) is 0. The van der Waals surface area contributed by atoms with E-state index < -0.39 is 0 Å². The Hall–Kier alpha value is -1.11. The zero-order valence-electron chi connectivity index (χ0n) is 10.6. The molecule has 7 heteroatoms. The van der Waals surface area contributed by atoms with Gasteiger partial charge in [-0.2, -0.15) is 5.10 Å². The summed E-state index contributed by atoms with van der Waals surface area (Å²) in [6.07, 6.45) is 2.49. The minimum atomic E-state index is -0.266. The normalized spacial score (nSPS) is 22.3. The Labute approximate surface area is 111 Å². The molecule has 1 fully saturated rings. The molecule has 100 valence electrons. The van der Waals surface area contributed by atoms with Gasteiger partial charge in [-0.05, 0) is 20.5 Å². The number of halogens is 1. The van der Waals surface area contributed by atoms with E-state index in [1.807, 2.05) is 19.0 Å². The standard InChI is InChI=1S/C11H18ClN5O/c1-16(2)3-4-17-11(18)10(12)9(6-14-17)15-8-5-7(8)13/h6-8,15H,3-5,13H2,1-2H3. The molecule has 2 atom stereocenters. The molecule has 0 aliphatic heterocycles. The Morgan fingerprint density at radius 2 is 2.33 bits per heavy atom. The van der Waals surface area contributed by atoms with Crippen LogP contribution in [0.5, 0.6) is 0 Å². The van der Waals surface area contributed by atoms with E-state index in [2.05, 4.69) is 10.4 Å². The number of likely N-dealkylation sites (N-methyl/N-ethyl adjacent to an activating group) is 1. The minimum absolute atomic E-state index is 0.150. The van der Waals surface area contributed by atoms with E-state index in [9.17, 15) is 4.79 Å². The van der Waals surface area contributed by atoms with Crippen molar-refractivity contribution >= 4 is 17.3 Å². The number of nitrogens with two attached hydrogens (primary N) is 1. The lowest BCUT2D eigenvalue weighted by Gasteiger charge is -2.12. The molecule has 0 saturated heterocycles. The van der Waals surface area contributed by atoms with E-state index in [0.29, 0.717) is 12.2 Å². The molecule has 3 N–H and O–H groups in total. The van der Waals surface area contributed by atoms with Crippen molar-refractivity contribution in [1.82, 2.24) is 14.7 Å². The second kappa shape index (κ2) is 5.26. The van der Waals surface area contributed by atoms with E-state index in [0.717, 1.165) is 13.0 Å². The van der Waals surface area contributed by atoms with Crippen LogP contribution in [0, 0.1) is 0 Å². The Kier molecular flexibility index (Phi) is 3.89. The summed E-state index contributed by atoms with van der Waals surface area (Å²) in [7, 11) is 3.88. The lowest BCUT2D eigenvalue weighted by molar-refractivity contribution is 0.367. The first-order chi connectivity index (χ1) is 8.49. The third-order valence-corrected chi connectivity index (χ3v) is 3.29. The van der Waals surface area contributed by atoms with Crippen molar-refractivity contribution in [3.63, 3.8) is 0 Å². The quantitative estimate of drug-likeness (QED) is 0.787. The van der Waals surface area contributed by atoms with Crippen molar-refractivity contribution in [1.29, 1.82) is 0 Å². The third-order valence-electron chi connectivity index (χ3n) is 2.92. The highest BCUT2D eigenvalue weighted by Crippen LogP contribution is 2.26. The summed E-state index contributed by atoms with van der Waals surface area (Å²) in [5, 5.41) is 7.41. The highest BCUT2D eigenvalue weighted by atomic mass is 35.5. The predicted molar refractivity (Wildman–Crippen MR) is 72.1 cm³/mol. The Morgan fingerprint density at radius 3 is 2.89 bits per heavy atom. The van der Waals surface area contributed by atoms with E-state index in [1.165, 1.54) is 4.68 Å². The van der Waals surface area contributed by atoms with Gasteiger partial charge in [-0.3, -0.25) is 4.79 Å². The fourth-order valence-electron chi connectivity index (χ4n) is 1.60. The van der Waals surface area contributed by atoms with Crippen molar-refractivity contribution < 1.29 is 0 Å². The molecule has 1 heterocycles. The van der Waals surface area contributed by atoms with Gasteiger partial charge in [-0.1, -0.05) is 11.6 Å². The lowest BCUT2D eigenvalue weighted by Crippen LogP contribution is -2.29. The van der Waals surface area contributed by atoms with Gasteiger partial charge in [0.25, 0.3) is 5.56 Å². The van der Waals surface area contributed by atoms with Gasteiger partial charge in [0.05, 0.1) is 18.4 Å². The molecule has 1 aliphatic carbocycles. The molecule has 2 rings (SSSR count). The Balaban J connectivity index is 2.11. The molecule has 0 spiro atoms. The predicted octanol–water partition coefficient (Wildman–Crippen LogP) is -0.0302. The van der Waals surface area contributed by atoms with Gasteiger partial charge in [0.2, 0.25) is 0 Å². The Morgan fingerprint density at radius 1 is 1.67 bits per heavy atom.